The number of aromatic nitrogens is 2. The van der Waals surface area contributed by atoms with Crippen LogP contribution in [0.15, 0.2) is 36.5 Å². The summed E-state index contributed by atoms with van der Waals surface area (Å²) in [7, 11) is 0. The highest BCUT2D eigenvalue weighted by Gasteiger charge is 2.26. The van der Waals surface area contributed by atoms with Crippen LogP contribution in [0.1, 0.15) is 30.0 Å². The summed E-state index contributed by atoms with van der Waals surface area (Å²) in [4.78, 5) is 14.4. The van der Waals surface area contributed by atoms with Crippen molar-refractivity contribution in [3.05, 3.63) is 52.8 Å². The van der Waals surface area contributed by atoms with Gasteiger partial charge in [-0.1, -0.05) is 29.8 Å². The van der Waals surface area contributed by atoms with Gasteiger partial charge in [0, 0.05) is 35.9 Å². The molecule has 5 nitrogen and oxygen atoms in total. The first-order valence-corrected chi connectivity index (χ1v) is 8.70. The van der Waals surface area contributed by atoms with E-state index in [0.717, 1.165) is 37.2 Å². The van der Waals surface area contributed by atoms with Crippen LogP contribution >= 0.6 is 11.6 Å². The monoisotopic (exact) mass is 347 g/mol. The third-order valence-electron chi connectivity index (χ3n) is 4.63. The molecule has 1 aliphatic rings. The van der Waals surface area contributed by atoms with Gasteiger partial charge in [0.2, 0.25) is 5.91 Å². The van der Waals surface area contributed by atoms with E-state index in [-0.39, 0.29) is 12.5 Å². The third-order valence-corrected chi connectivity index (χ3v) is 5.00. The maximum Gasteiger partial charge on any atom is 0.227 e. The van der Waals surface area contributed by atoms with E-state index in [1.165, 1.54) is 0 Å². The minimum Gasteiger partial charge on any atom is -0.394 e. The van der Waals surface area contributed by atoms with Crippen LogP contribution < -0.4 is 0 Å². The molecule has 1 saturated heterocycles. The molecule has 0 saturated carbocycles. The second-order valence-electron chi connectivity index (χ2n) is 6.13. The molecule has 0 radical (unpaired) electrons. The third kappa shape index (κ3) is 3.79. The van der Waals surface area contributed by atoms with Crippen molar-refractivity contribution in [2.45, 2.75) is 31.7 Å². The Bertz CT molecular complexity index is 693. The number of piperidine rings is 1. The lowest BCUT2D eigenvalue weighted by Crippen LogP contribution is -2.39. The molecular weight excluding hydrogens is 326 g/mol. The van der Waals surface area contributed by atoms with E-state index in [0.29, 0.717) is 23.9 Å². The molecule has 2 heterocycles. The number of aliphatic hydroxyl groups excluding tert-OH is 1. The zero-order valence-electron chi connectivity index (χ0n) is 13.6. The van der Waals surface area contributed by atoms with Crippen molar-refractivity contribution in [1.82, 2.24) is 14.7 Å². The van der Waals surface area contributed by atoms with Gasteiger partial charge in [0.15, 0.2) is 0 Å². The number of nitrogens with zero attached hydrogens (tertiary/aromatic N) is 3. The molecule has 1 aromatic heterocycles. The molecule has 128 valence electrons. The van der Waals surface area contributed by atoms with Gasteiger partial charge >= 0.3 is 0 Å². The van der Waals surface area contributed by atoms with Gasteiger partial charge in [-0.2, -0.15) is 5.10 Å². The van der Waals surface area contributed by atoms with E-state index >= 15 is 0 Å². The Balaban J connectivity index is 1.57. The van der Waals surface area contributed by atoms with Gasteiger partial charge in [0.25, 0.3) is 0 Å². The fraction of sp³-hybridized carbons (Fsp3) is 0.444. The van der Waals surface area contributed by atoms with E-state index < -0.39 is 0 Å². The van der Waals surface area contributed by atoms with Crippen molar-refractivity contribution in [3.63, 3.8) is 0 Å². The highest BCUT2D eigenvalue weighted by molar-refractivity contribution is 6.31. The Morgan fingerprint density at radius 2 is 2.00 bits per heavy atom. The van der Waals surface area contributed by atoms with Crippen LogP contribution in [-0.2, 0) is 17.8 Å². The minimum atomic E-state index is 0.0871. The minimum absolute atomic E-state index is 0.0871. The molecule has 24 heavy (non-hydrogen) atoms. The standard InChI is InChI=1S/C18H22ClN3O2/c19-16-4-2-1-3-15(16)13-18(24)21-9-6-14(7-10-21)17-5-8-20-22(17)11-12-23/h1-5,8,14,23H,6-7,9-13H2. The van der Waals surface area contributed by atoms with Gasteiger partial charge in [-0.15, -0.1) is 0 Å². The fourth-order valence-corrected chi connectivity index (χ4v) is 3.51. The topological polar surface area (TPSA) is 58.4 Å². The van der Waals surface area contributed by atoms with E-state index in [1.54, 1.807) is 6.20 Å². The molecule has 0 aliphatic carbocycles. The summed E-state index contributed by atoms with van der Waals surface area (Å²) < 4.78 is 1.87. The van der Waals surface area contributed by atoms with Crippen LogP contribution in [0.5, 0.6) is 0 Å². The Morgan fingerprint density at radius 1 is 1.25 bits per heavy atom. The highest BCUT2D eigenvalue weighted by atomic mass is 35.5. The Kier molecular flexibility index (Phi) is 5.53. The zero-order valence-corrected chi connectivity index (χ0v) is 14.3. The largest absolute Gasteiger partial charge is 0.394 e. The van der Waals surface area contributed by atoms with Crippen LogP contribution in [0.4, 0.5) is 0 Å². The lowest BCUT2D eigenvalue weighted by atomic mass is 9.93. The van der Waals surface area contributed by atoms with Crippen molar-refractivity contribution < 1.29 is 9.90 Å². The van der Waals surface area contributed by atoms with E-state index in [1.807, 2.05) is 39.9 Å². The second-order valence-corrected chi connectivity index (χ2v) is 6.53. The van der Waals surface area contributed by atoms with Gasteiger partial charge in [-0.25, -0.2) is 0 Å². The normalized spacial score (nSPS) is 15.7. The molecule has 1 N–H and O–H groups in total. The Morgan fingerprint density at radius 3 is 2.71 bits per heavy atom. The molecule has 0 bridgehead atoms. The second kappa shape index (κ2) is 7.81. The maximum absolute atomic E-state index is 12.5. The van der Waals surface area contributed by atoms with Gasteiger partial charge in [0.05, 0.1) is 19.6 Å². The average molecular weight is 348 g/mol. The number of hydrogen-bond donors (Lipinski definition) is 1. The van der Waals surface area contributed by atoms with Crippen molar-refractivity contribution in [1.29, 1.82) is 0 Å². The maximum atomic E-state index is 12.5. The van der Waals surface area contributed by atoms with Crippen LogP contribution in [0, 0.1) is 0 Å². The van der Waals surface area contributed by atoms with Crippen molar-refractivity contribution in [2.75, 3.05) is 19.7 Å². The molecule has 6 heteroatoms. The summed E-state index contributed by atoms with van der Waals surface area (Å²) in [6.45, 7) is 2.11. The summed E-state index contributed by atoms with van der Waals surface area (Å²) in [5, 5.41) is 14.0. The molecule has 2 aromatic rings. The van der Waals surface area contributed by atoms with Crippen molar-refractivity contribution in [2.24, 2.45) is 0 Å². The number of hydrogen-bond acceptors (Lipinski definition) is 3. The highest BCUT2D eigenvalue weighted by Crippen LogP contribution is 2.28. The average Bonchev–Trinajstić information content (AvgIpc) is 3.06. The van der Waals surface area contributed by atoms with Gasteiger partial charge < -0.3 is 10.0 Å². The molecule has 0 atom stereocenters. The number of likely N-dealkylation sites (tertiary alicyclic amines) is 1. The number of aliphatic hydroxyl groups is 1. The van der Waals surface area contributed by atoms with Crippen LogP contribution in [0.3, 0.4) is 0 Å². The van der Waals surface area contributed by atoms with Crippen LogP contribution in [0.2, 0.25) is 5.02 Å². The quantitative estimate of drug-likeness (QED) is 0.904. The summed E-state index contributed by atoms with van der Waals surface area (Å²) >= 11 is 6.14. The van der Waals surface area contributed by atoms with Gasteiger partial charge in [0.1, 0.15) is 0 Å². The Hall–Kier alpha value is -1.85. The van der Waals surface area contributed by atoms with Crippen LogP contribution in [-0.4, -0.2) is 45.4 Å². The zero-order chi connectivity index (χ0) is 16.9. The number of carbonyl (C=O) groups is 1. The number of rotatable bonds is 5. The summed E-state index contributed by atoms with van der Waals surface area (Å²) in [5.74, 6) is 0.522. The molecule has 3 rings (SSSR count). The van der Waals surface area contributed by atoms with Crippen LogP contribution in [0.25, 0.3) is 0 Å². The SMILES string of the molecule is O=C(Cc1ccccc1Cl)N1CCC(c2ccnn2CCO)CC1. The summed E-state index contributed by atoms with van der Waals surface area (Å²) in [5.41, 5.74) is 2.04. The molecule has 1 fully saturated rings. The predicted molar refractivity (Wildman–Crippen MR) is 93.0 cm³/mol. The van der Waals surface area contributed by atoms with Gasteiger partial charge in [-0.3, -0.25) is 9.48 Å². The smallest absolute Gasteiger partial charge is 0.227 e. The first-order chi connectivity index (χ1) is 11.7. The summed E-state index contributed by atoms with van der Waals surface area (Å²) in [6, 6.07) is 9.51. The van der Waals surface area contributed by atoms with Crippen molar-refractivity contribution in [3.8, 4) is 0 Å². The number of amides is 1. The van der Waals surface area contributed by atoms with E-state index in [4.69, 9.17) is 16.7 Å². The summed E-state index contributed by atoms with van der Waals surface area (Å²) in [6.07, 6.45) is 3.98. The number of halogens is 1. The first-order valence-electron chi connectivity index (χ1n) is 8.33. The number of benzene rings is 1. The predicted octanol–water partition coefficient (Wildman–Crippen LogP) is 2.48. The Labute approximate surface area is 146 Å². The molecular formula is C18H22ClN3O2. The number of carbonyl (C=O) groups excluding carboxylic acids is 1. The van der Waals surface area contributed by atoms with Crippen molar-refractivity contribution >= 4 is 17.5 Å². The fourth-order valence-electron chi connectivity index (χ4n) is 3.31. The molecule has 0 spiro atoms. The van der Waals surface area contributed by atoms with Gasteiger partial charge in [-0.05, 0) is 30.5 Å². The lowest BCUT2D eigenvalue weighted by Gasteiger charge is -2.32. The van der Waals surface area contributed by atoms with E-state index in [2.05, 4.69) is 5.10 Å². The molecule has 0 unspecified atom stereocenters. The molecule has 1 aromatic carbocycles. The molecule has 1 amide bonds. The lowest BCUT2D eigenvalue weighted by molar-refractivity contribution is -0.131. The van der Waals surface area contributed by atoms with E-state index in [9.17, 15) is 4.79 Å². The molecule has 1 aliphatic heterocycles. The first kappa shape index (κ1) is 17.0.